The molecule has 1 saturated heterocycles. The molecular formula is C15H22ClN3O2. The van der Waals surface area contributed by atoms with Gasteiger partial charge in [0.2, 0.25) is 0 Å². The van der Waals surface area contributed by atoms with E-state index in [1.54, 1.807) is 7.11 Å². The van der Waals surface area contributed by atoms with E-state index < -0.39 is 0 Å². The van der Waals surface area contributed by atoms with E-state index in [2.05, 4.69) is 17.1 Å². The van der Waals surface area contributed by atoms with Crippen LogP contribution in [0.4, 0.5) is 10.5 Å². The standard InChI is InChI=1S/C15H22ClN3O2/c1-12-11-13(16)3-4-14(12)18-6-8-19(9-7-18)15(20)17-5-10-21-2/h3-4,11H,5-10H2,1-2H3,(H,17,20). The van der Waals surface area contributed by atoms with E-state index in [0.29, 0.717) is 13.2 Å². The minimum atomic E-state index is -0.0143. The van der Waals surface area contributed by atoms with Gasteiger partial charge in [-0.05, 0) is 30.7 Å². The highest BCUT2D eigenvalue weighted by molar-refractivity contribution is 6.30. The fourth-order valence-electron chi connectivity index (χ4n) is 2.50. The molecule has 2 rings (SSSR count). The normalized spacial score (nSPS) is 15.2. The predicted molar refractivity (Wildman–Crippen MR) is 85.2 cm³/mol. The molecule has 1 aliphatic rings. The van der Waals surface area contributed by atoms with E-state index in [-0.39, 0.29) is 6.03 Å². The number of anilines is 1. The zero-order valence-electron chi connectivity index (χ0n) is 12.6. The molecule has 0 atom stereocenters. The summed E-state index contributed by atoms with van der Waals surface area (Å²) in [4.78, 5) is 16.1. The molecule has 0 spiro atoms. The average molecular weight is 312 g/mol. The topological polar surface area (TPSA) is 44.8 Å². The number of urea groups is 1. The fourth-order valence-corrected chi connectivity index (χ4v) is 2.72. The third kappa shape index (κ3) is 4.25. The molecule has 1 aromatic rings. The molecule has 1 aliphatic heterocycles. The van der Waals surface area contributed by atoms with E-state index >= 15 is 0 Å². The molecule has 0 bridgehead atoms. The van der Waals surface area contributed by atoms with Crippen molar-refractivity contribution >= 4 is 23.3 Å². The van der Waals surface area contributed by atoms with Crippen molar-refractivity contribution in [2.75, 3.05) is 51.3 Å². The van der Waals surface area contributed by atoms with Crippen LogP contribution in [0.25, 0.3) is 0 Å². The number of methoxy groups -OCH3 is 1. The van der Waals surface area contributed by atoms with Gasteiger partial charge in [-0.15, -0.1) is 0 Å². The lowest BCUT2D eigenvalue weighted by Gasteiger charge is -2.36. The highest BCUT2D eigenvalue weighted by atomic mass is 35.5. The van der Waals surface area contributed by atoms with Gasteiger partial charge in [0.15, 0.2) is 0 Å². The van der Waals surface area contributed by atoms with Crippen molar-refractivity contribution in [1.29, 1.82) is 0 Å². The maximum absolute atomic E-state index is 12.0. The molecule has 0 aliphatic carbocycles. The Balaban J connectivity index is 1.86. The van der Waals surface area contributed by atoms with Crippen LogP contribution in [0.2, 0.25) is 5.02 Å². The Morgan fingerprint density at radius 1 is 1.33 bits per heavy atom. The summed E-state index contributed by atoms with van der Waals surface area (Å²) < 4.78 is 4.93. The second-order valence-corrected chi connectivity index (χ2v) is 5.57. The third-order valence-corrected chi connectivity index (χ3v) is 3.88. The van der Waals surface area contributed by atoms with Gasteiger partial charge >= 0.3 is 6.03 Å². The molecule has 2 amide bonds. The fraction of sp³-hybridized carbons (Fsp3) is 0.533. The molecule has 0 radical (unpaired) electrons. The minimum Gasteiger partial charge on any atom is -0.383 e. The SMILES string of the molecule is COCCNC(=O)N1CCN(c2ccc(Cl)cc2C)CC1. The van der Waals surface area contributed by atoms with Crippen LogP contribution >= 0.6 is 11.6 Å². The number of halogens is 1. The van der Waals surface area contributed by atoms with Crippen LogP contribution in [-0.2, 0) is 4.74 Å². The Kier molecular flexibility index (Phi) is 5.70. The molecule has 1 fully saturated rings. The zero-order valence-corrected chi connectivity index (χ0v) is 13.3. The highest BCUT2D eigenvalue weighted by Crippen LogP contribution is 2.24. The lowest BCUT2D eigenvalue weighted by Crippen LogP contribution is -2.52. The summed E-state index contributed by atoms with van der Waals surface area (Å²) >= 11 is 5.99. The molecule has 0 aromatic heterocycles. The van der Waals surface area contributed by atoms with Crippen molar-refractivity contribution in [3.63, 3.8) is 0 Å². The lowest BCUT2D eigenvalue weighted by atomic mass is 10.1. The summed E-state index contributed by atoms with van der Waals surface area (Å²) in [5.74, 6) is 0. The smallest absolute Gasteiger partial charge is 0.317 e. The van der Waals surface area contributed by atoms with Gasteiger partial charge < -0.3 is 19.9 Å². The number of carbonyl (C=O) groups excluding carboxylic acids is 1. The van der Waals surface area contributed by atoms with E-state index in [9.17, 15) is 4.79 Å². The summed E-state index contributed by atoms with van der Waals surface area (Å²) in [5, 5.41) is 3.61. The summed E-state index contributed by atoms with van der Waals surface area (Å²) in [6.45, 7) is 6.26. The van der Waals surface area contributed by atoms with Crippen LogP contribution in [-0.4, -0.2) is 57.4 Å². The lowest BCUT2D eigenvalue weighted by molar-refractivity contribution is 0.177. The number of aryl methyl sites for hydroxylation is 1. The van der Waals surface area contributed by atoms with Crippen molar-refractivity contribution in [3.8, 4) is 0 Å². The van der Waals surface area contributed by atoms with Crippen LogP contribution in [0, 0.1) is 6.92 Å². The van der Waals surface area contributed by atoms with Crippen LogP contribution in [0.15, 0.2) is 18.2 Å². The second kappa shape index (κ2) is 7.52. The number of amides is 2. The number of ether oxygens (including phenoxy) is 1. The van der Waals surface area contributed by atoms with Crippen LogP contribution in [0.1, 0.15) is 5.56 Å². The van der Waals surface area contributed by atoms with Gasteiger partial charge in [-0.3, -0.25) is 0 Å². The quantitative estimate of drug-likeness (QED) is 0.866. The number of nitrogens with zero attached hydrogens (tertiary/aromatic N) is 2. The largest absolute Gasteiger partial charge is 0.383 e. The Bertz CT molecular complexity index is 488. The Morgan fingerprint density at radius 2 is 2.05 bits per heavy atom. The minimum absolute atomic E-state index is 0.0143. The summed E-state index contributed by atoms with van der Waals surface area (Å²) in [6.07, 6.45) is 0. The van der Waals surface area contributed by atoms with Crippen LogP contribution in [0.3, 0.4) is 0 Å². The first-order valence-electron chi connectivity index (χ1n) is 7.14. The number of hydrogen-bond donors (Lipinski definition) is 1. The maximum atomic E-state index is 12.0. The number of hydrogen-bond acceptors (Lipinski definition) is 3. The number of rotatable bonds is 4. The first kappa shape index (κ1) is 15.9. The number of nitrogens with one attached hydrogen (secondary N) is 1. The molecule has 1 N–H and O–H groups in total. The van der Waals surface area contributed by atoms with Gasteiger partial charge in [0.05, 0.1) is 6.61 Å². The van der Waals surface area contributed by atoms with Crippen molar-refractivity contribution in [1.82, 2.24) is 10.2 Å². The monoisotopic (exact) mass is 311 g/mol. The van der Waals surface area contributed by atoms with Crippen LogP contribution < -0.4 is 10.2 Å². The Labute approximate surface area is 130 Å². The molecule has 0 saturated carbocycles. The summed E-state index contributed by atoms with van der Waals surface area (Å²) in [7, 11) is 1.62. The van der Waals surface area contributed by atoms with Crippen molar-refractivity contribution in [2.24, 2.45) is 0 Å². The summed E-state index contributed by atoms with van der Waals surface area (Å²) in [6, 6.07) is 5.92. The highest BCUT2D eigenvalue weighted by Gasteiger charge is 2.21. The van der Waals surface area contributed by atoms with Gasteiger partial charge in [-0.1, -0.05) is 11.6 Å². The van der Waals surface area contributed by atoms with Gasteiger partial charge in [0.25, 0.3) is 0 Å². The van der Waals surface area contributed by atoms with E-state index in [1.165, 1.54) is 11.3 Å². The Morgan fingerprint density at radius 3 is 2.67 bits per heavy atom. The number of benzene rings is 1. The Hall–Kier alpha value is -1.46. The van der Waals surface area contributed by atoms with E-state index in [1.807, 2.05) is 23.1 Å². The van der Waals surface area contributed by atoms with Gasteiger partial charge in [0, 0.05) is 50.5 Å². The van der Waals surface area contributed by atoms with Crippen molar-refractivity contribution in [2.45, 2.75) is 6.92 Å². The zero-order chi connectivity index (χ0) is 15.2. The van der Waals surface area contributed by atoms with Gasteiger partial charge in [-0.25, -0.2) is 4.79 Å². The molecule has 0 unspecified atom stereocenters. The molecule has 6 heteroatoms. The molecule has 5 nitrogen and oxygen atoms in total. The molecule has 1 heterocycles. The average Bonchev–Trinajstić information content (AvgIpc) is 2.48. The summed E-state index contributed by atoms with van der Waals surface area (Å²) in [5.41, 5.74) is 2.36. The second-order valence-electron chi connectivity index (χ2n) is 5.13. The molecule has 21 heavy (non-hydrogen) atoms. The van der Waals surface area contributed by atoms with E-state index in [4.69, 9.17) is 16.3 Å². The number of piperazine rings is 1. The number of carbonyl (C=O) groups is 1. The van der Waals surface area contributed by atoms with Crippen molar-refractivity contribution < 1.29 is 9.53 Å². The molecule has 116 valence electrons. The third-order valence-electron chi connectivity index (χ3n) is 3.65. The molecule has 1 aromatic carbocycles. The first-order chi connectivity index (χ1) is 10.1. The van der Waals surface area contributed by atoms with Gasteiger partial charge in [-0.2, -0.15) is 0 Å². The van der Waals surface area contributed by atoms with Crippen LogP contribution in [0.5, 0.6) is 0 Å². The van der Waals surface area contributed by atoms with Crippen molar-refractivity contribution in [3.05, 3.63) is 28.8 Å². The van der Waals surface area contributed by atoms with Gasteiger partial charge in [0.1, 0.15) is 0 Å². The van der Waals surface area contributed by atoms with E-state index in [0.717, 1.165) is 31.2 Å². The molecular weight excluding hydrogens is 290 g/mol. The maximum Gasteiger partial charge on any atom is 0.317 e. The first-order valence-corrected chi connectivity index (χ1v) is 7.52. The predicted octanol–water partition coefficient (Wildman–Crippen LogP) is 2.13.